The molecule has 0 saturated carbocycles. The number of allylic oxidation sites excluding steroid dienone is 2. The molecule has 9 heteroatoms. The highest BCUT2D eigenvalue weighted by molar-refractivity contribution is 7.07. The first kappa shape index (κ1) is 26.5. The second-order valence-electron chi connectivity index (χ2n) is 9.88. The topological polar surface area (TPSA) is 96.0 Å². The monoisotopic (exact) mass is 565 g/mol. The molecule has 0 N–H and O–H groups in total. The zero-order valence-electron chi connectivity index (χ0n) is 22.6. The molecule has 2 aliphatic rings. The molecule has 8 nitrogen and oxygen atoms in total. The van der Waals surface area contributed by atoms with Gasteiger partial charge in [-0.1, -0.05) is 47.7 Å². The molecular formula is C32H27N3O5S. The second kappa shape index (κ2) is 11.0. The average molecular weight is 566 g/mol. The molecule has 0 amide bonds. The molecule has 0 bridgehead atoms. The summed E-state index contributed by atoms with van der Waals surface area (Å²) in [5.74, 6) is 1.54. The maximum Gasteiger partial charge on any atom is 0.271 e. The average Bonchev–Trinajstić information content (AvgIpc) is 3.31. The molecule has 1 aromatic heterocycles. The van der Waals surface area contributed by atoms with Crippen molar-refractivity contribution in [1.29, 1.82) is 0 Å². The van der Waals surface area contributed by atoms with Crippen LogP contribution in [0, 0.1) is 10.1 Å². The first-order valence-corrected chi connectivity index (χ1v) is 14.0. The number of nitro groups is 1. The van der Waals surface area contributed by atoms with Gasteiger partial charge < -0.3 is 9.47 Å². The van der Waals surface area contributed by atoms with Crippen molar-refractivity contribution in [2.75, 3.05) is 14.2 Å². The molecule has 206 valence electrons. The van der Waals surface area contributed by atoms with Crippen LogP contribution in [0.3, 0.4) is 0 Å². The Balaban J connectivity index is 1.54. The number of aromatic nitrogens is 1. The highest BCUT2D eigenvalue weighted by atomic mass is 32.1. The lowest BCUT2D eigenvalue weighted by Crippen LogP contribution is -2.39. The number of methoxy groups -OCH3 is 2. The predicted molar refractivity (Wildman–Crippen MR) is 159 cm³/mol. The van der Waals surface area contributed by atoms with E-state index in [4.69, 9.17) is 14.5 Å². The van der Waals surface area contributed by atoms with Crippen LogP contribution in [0.2, 0.25) is 0 Å². The highest BCUT2D eigenvalue weighted by Crippen LogP contribution is 2.41. The lowest BCUT2D eigenvalue weighted by Gasteiger charge is -2.31. The Bertz CT molecular complexity index is 1880. The summed E-state index contributed by atoms with van der Waals surface area (Å²) < 4.78 is 12.9. The van der Waals surface area contributed by atoms with Crippen LogP contribution in [0.25, 0.3) is 12.2 Å². The Kier molecular flexibility index (Phi) is 7.11. The van der Waals surface area contributed by atoms with Crippen LogP contribution in [0.1, 0.15) is 42.0 Å². The maximum absolute atomic E-state index is 13.9. The number of nitro benzene ring substituents is 1. The van der Waals surface area contributed by atoms with Crippen LogP contribution >= 0.6 is 11.3 Å². The SMILES string of the molecule is COc1ccc(/C=C2/CCCC3=C2N=c2s/c(=C\c4cccc([N+](=O)[O-])c4)c(=O)n2C3c2ccc(OC)cc2)cc1. The van der Waals surface area contributed by atoms with Gasteiger partial charge in [-0.15, -0.1) is 0 Å². The van der Waals surface area contributed by atoms with E-state index in [0.29, 0.717) is 14.9 Å². The number of nitrogens with zero attached hydrogens (tertiary/aromatic N) is 3. The Hall–Kier alpha value is -4.76. The number of hydrogen-bond donors (Lipinski definition) is 0. The van der Waals surface area contributed by atoms with Gasteiger partial charge in [0, 0.05) is 12.1 Å². The number of ether oxygens (including phenoxy) is 2. The van der Waals surface area contributed by atoms with E-state index in [-0.39, 0.29) is 17.3 Å². The quantitative estimate of drug-likeness (QED) is 0.230. The molecule has 1 atom stereocenters. The van der Waals surface area contributed by atoms with Gasteiger partial charge in [0.15, 0.2) is 4.80 Å². The summed E-state index contributed by atoms with van der Waals surface area (Å²) in [6, 6.07) is 21.7. The lowest BCUT2D eigenvalue weighted by atomic mass is 9.84. The molecule has 0 radical (unpaired) electrons. The van der Waals surface area contributed by atoms with Crippen molar-refractivity contribution in [3.8, 4) is 11.5 Å². The number of thiazole rings is 1. The van der Waals surface area contributed by atoms with Crippen molar-refractivity contribution in [3.05, 3.63) is 136 Å². The van der Waals surface area contributed by atoms with Gasteiger partial charge in [0.05, 0.1) is 35.4 Å². The van der Waals surface area contributed by atoms with Gasteiger partial charge in [-0.2, -0.15) is 0 Å². The molecular weight excluding hydrogens is 538 g/mol. The summed E-state index contributed by atoms with van der Waals surface area (Å²) in [7, 11) is 3.28. The van der Waals surface area contributed by atoms with E-state index in [0.717, 1.165) is 58.7 Å². The van der Waals surface area contributed by atoms with E-state index in [1.54, 1.807) is 37.0 Å². The maximum atomic E-state index is 13.9. The molecule has 1 aliphatic heterocycles. The molecule has 1 unspecified atom stereocenters. The summed E-state index contributed by atoms with van der Waals surface area (Å²) in [4.78, 5) is 30.5. The van der Waals surface area contributed by atoms with Gasteiger partial charge in [-0.25, -0.2) is 4.99 Å². The Labute approximate surface area is 240 Å². The van der Waals surface area contributed by atoms with Crippen LogP contribution in [-0.2, 0) is 0 Å². The van der Waals surface area contributed by atoms with Gasteiger partial charge >= 0.3 is 0 Å². The van der Waals surface area contributed by atoms with E-state index < -0.39 is 4.92 Å². The minimum absolute atomic E-state index is 0.0218. The first-order valence-electron chi connectivity index (χ1n) is 13.2. The van der Waals surface area contributed by atoms with Crippen LogP contribution in [0.5, 0.6) is 11.5 Å². The molecule has 0 fully saturated rings. The van der Waals surface area contributed by atoms with Crippen molar-refractivity contribution < 1.29 is 14.4 Å². The van der Waals surface area contributed by atoms with Crippen LogP contribution < -0.4 is 24.4 Å². The molecule has 1 aliphatic carbocycles. The molecule has 6 rings (SSSR count). The highest BCUT2D eigenvalue weighted by Gasteiger charge is 2.32. The molecule has 0 saturated heterocycles. The number of fused-ring (bicyclic) bond motifs is 1. The van der Waals surface area contributed by atoms with Crippen LogP contribution in [-0.4, -0.2) is 23.7 Å². The van der Waals surface area contributed by atoms with Crippen molar-refractivity contribution in [2.24, 2.45) is 4.99 Å². The Morgan fingerprint density at radius 3 is 2.34 bits per heavy atom. The fourth-order valence-electron chi connectivity index (χ4n) is 5.42. The first-order chi connectivity index (χ1) is 19.9. The summed E-state index contributed by atoms with van der Waals surface area (Å²) >= 11 is 1.30. The van der Waals surface area contributed by atoms with E-state index in [9.17, 15) is 14.9 Å². The predicted octanol–water partition coefficient (Wildman–Crippen LogP) is 5.41. The molecule has 41 heavy (non-hydrogen) atoms. The number of rotatable bonds is 6. The third kappa shape index (κ3) is 5.12. The fourth-order valence-corrected chi connectivity index (χ4v) is 6.42. The molecule has 3 aromatic carbocycles. The molecule has 0 spiro atoms. The largest absolute Gasteiger partial charge is 0.497 e. The van der Waals surface area contributed by atoms with Crippen LogP contribution in [0.4, 0.5) is 5.69 Å². The van der Waals surface area contributed by atoms with Crippen molar-refractivity contribution in [1.82, 2.24) is 4.57 Å². The van der Waals surface area contributed by atoms with Gasteiger partial charge in [0.25, 0.3) is 11.2 Å². The number of hydrogen-bond acceptors (Lipinski definition) is 7. The van der Waals surface area contributed by atoms with E-state index in [2.05, 4.69) is 6.08 Å². The minimum atomic E-state index is -0.437. The van der Waals surface area contributed by atoms with E-state index in [1.165, 1.54) is 23.5 Å². The number of benzene rings is 3. The van der Waals surface area contributed by atoms with E-state index in [1.807, 2.05) is 48.5 Å². The zero-order valence-corrected chi connectivity index (χ0v) is 23.4. The van der Waals surface area contributed by atoms with Crippen molar-refractivity contribution in [3.63, 3.8) is 0 Å². The summed E-state index contributed by atoms with van der Waals surface area (Å²) in [6.07, 6.45) is 6.52. The third-order valence-corrected chi connectivity index (χ3v) is 8.38. The molecule has 2 heterocycles. The normalized spacial score (nSPS) is 17.6. The summed E-state index contributed by atoms with van der Waals surface area (Å²) in [6.45, 7) is 0. The fraction of sp³-hybridized carbons (Fsp3) is 0.188. The van der Waals surface area contributed by atoms with Crippen molar-refractivity contribution >= 4 is 29.2 Å². The van der Waals surface area contributed by atoms with Crippen LogP contribution in [0.15, 0.2) is 99.4 Å². The zero-order chi connectivity index (χ0) is 28.5. The van der Waals surface area contributed by atoms with E-state index >= 15 is 0 Å². The lowest BCUT2D eigenvalue weighted by molar-refractivity contribution is -0.384. The second-order valence-corrected chi connectivity index (χ2v) is 10.9. The smallest absolute Gasteiger partial charge is 0.271 e. The van der Waals surface area contributed by atoms with Gasteiger partial charge in [0.2, 0.25) is 0 Å². The van der Waals surface area contributed by atoms with Crippen molar-refractivity contribution in [2.45, 2.75) is 25.3 Å². The van der Waals surface area contributed by atoms with Gasteiger partial charge in [-0.05, 0) is 83.5 Å². The van der Waals surface area contributed by atoms with Gasteiger partial charge in [-0.3, -0.25) is 19.5 Å². The number of non-ortho nitro benzene ring substituents is 1. The van der Waals surface area contributed by atoms with Gasteiger partial charge in [0.1, 0.15) is 11.5 Å². The standard InChI is InChI=1S/C32H27N3O5S/c1-39-25-13-9-20(10-14-25)17-23-6-4-8-27-29(23)33-32-34(30(27)22-11-15-26(40-2)16-12-22)31(36)28(41-32)19-21-5-3-7-24(18-21)35(37)38/h3,5,7,9-19,30H,4,6,8H2,1-2H3/b23-17-,28-19-. The summed E-state index contributed by atoms with van der Waals surface area (Å²) in [5.41, 5.74) is 5.60. The Morgan fingerprint density at radius 2 is 1.66 bits per heavy atom. The third-order valence-electron chi connectivity index (χ3n) is 7.40. The minimum Gasteiger partial charge on any atom is -0.497 e. The summed E-state index contributed by atoms with van der Waals surface area (Å²) in [5, 5.41) is 11.3. The molecule has 4 aromatic rings. The Morgan fingerprint density at radius 1 is 0.951 bits per heavy atom.